The van der Waals surface area contributed by atoms with Crippen LogP contribution in [0.15, 0.2) is 0 Å². The fourth-order valence-corrected chi connectivity index (χ4v) is 3.22. The molecule has 0 amide bonds. The number of hydrazine groups is 1. The lowest BCUT2D eigenvalue weighted by Crippen LogP contribution is -2.53. The van der Waals surface area contributed by atoms with Gasteiger partial charge in [0.05, 0.1) is 32.0 Å². The number of hydrogen-bond acceptors (Lipinski definition) is 4. The number of nitrogens with one attached hydrogen (secondary N) is 1. The van der Waals surface area contributed by atoms with E-state index in [-0.39, 0.29) is 12.1 Å². The Balaban J connectivity index is 1.85. The van der Waals surface area contributed by atoms with Crippen molar-refractivity contribution < 1.29 is 9.47 Å². The molecule has 1 aliphatic carbocycles. The third-order valence-electron chi connectivity index (χ3n) is 4.41. The quantitative estimate of drug-likeness (QED) is 0.579. The van der Waals surface area contributed by atoms with Gasteiger partial charge in [0, 0.05) is 0 Å². The molecule has 1 saturated heterocycles. The zero-order valence-electron chi connectivity index (χ0n) is 10.9. The fourth-order valence-electron chi connectivity index (χ4n) is 3.22. The summed E-state index contributed by atoms with van der Waals surface area (Å²) in [6, 6.07) is 0.258. The maximum Gasteiger partial charge on any atom is 0.0978 e. The van der Waals surface area contributed by atoms with Crippen LogP contribution in [0.3, 0.4) is 0 Å². The van der Waals surface area contributed by atoms with Crippen molar-refractivity contribution in [2.24, 2.45) is 17.7 Å². The number of hydrogen-bond donors (Lipinski definition) is 2. The molecule has 2 unspecified atom stereocenters. The van der Waals surface area contributed by atoms with E-state index >= 15 is 0 Å². The third-order valence-corrected chi connectivity index (χ3v) is 4.41. The van der Waals surface area contributed by atoms with Crippen molar-refractivity contribution in [3.63, 3.8) is 0 Å². The van der Waals surface area contributed by atoms with E-state index in [2.05, 4.69) is 12.3 Å². The Hall–Kier alpha value is -0.160. The highest BCUT2D eigenvalue weighted by Crippen LogP contribution is 2.33. The molecule has 2 atom stereocenters. The smallest absolute Gasteiger partial charge is 0.0978 e. The summed E-state index contributed by atoms with van der Waals surface area (Å²) >= 11 is 0. The molecule has 0 aromatic rings. The first kappa shape index (κ1) is 13.3. The molecule has 0 aromatic heterocycles. The standard InChI is InChI=1S/C13H26N2O2/c1-2-10-3-5-11(6-4-10)13(15-14)12-9-16-7-8-17-12/h10-13,15H,2-9,14H2,1H3. The lowest BCUT2D eigenvalue weighted by molar-refractivity contribution is -0.111. The van der Waals surface area contributed by atoms with Gasteiger partial charge in [-0.05, 0) is 24.7 Å². The zero-order chi connectivity index (χ0) is 12.1. The van der Waals surface area contributed by atoms with Crippen LogP contribution in [0, 0.1) is 11.8 Å². The molecule has 0 aromatic carbocycles. The van der Waals surface area contributed by atoms with Gasteiger partial charge in [0.2, 0.25) is 0 Å². The predicted octanol–water partition coefficient (Wildman–Crippen LogP) is 1.45. The van der Waals surface area contributed by atoms with Crippen molar-refractivity contribution in [1.82, 2.24) is 5.43 Å². The summed E-state index contributed by atoms with van der Waals surface area (Å²) in [5, 5.41) is 0. The molecule has 4 nitrogen and oxygen atoms in total. The topological polar surface area (TPSA) is 56.5 Å². The normalized spacial score (nSPS) is 36.7. The fraction of sp³-hybridized carbons (Fsp3) is 1.00. The van der Waals surface area contributed by atoms with E-state index in [1.807, 2.05) is 0 Å². The van der Waals surface area contributed by atoms with Gasteiger partial charge in [-0.1, -0.05) is 26.2 Å². The monoisotopic (exact) mass is 242 g/mol. The molecule has 2 aliphatic rings. The van der Waals surface area contributed by atoms with E-state index in [0.29, 0.717) is 19.1 Å². The molecule has 100 valence electrons. The molecule has 2 rings (SSSR count). The maximum atomic E-state index is 5.77. The van der Waals surface area contributed by atoms with Gasteiger partial charge in [0.1, 0.15) is 0 Å². The highest BCUT2D eigenvalue weighted by atomic mass is 16.6. The van der Waals surface area contributed by atoms with Crippen molar-refractivity contribution in [2.75, 3.05) is 19.8 Å². The summed E-state index contributed by atoms with van der Waals surface area (Å²) in [6.45, 7) is 4.40. The van der Waals surface area contributed by atoms with Gasteiger partial charge in [0.15, 0.2) is 0 Å². The number of nitrogens with two attached hydrogens (primary N) is 1. The van der Waals surface area contributed by atoms with Crippen LogP contribution in [0.4, 0.5) is 0 Å². The summed E-state index contributed by atoms with van der Waals surface area (Å²) in [7, 11) is 0. The predicted molar refractivity (Wildman–Crippen MR) is 67.4 cm³/mol. The summed E-state index contributed by atoms with van der Waals surface area (Å²) in [5.74, 6) is 7.29. The van der Waals surface area contributed by atoms with Gasteiger partial charge in [0.25, 0.3) is 0 Å². The van der Waals surface area contributed by atoms with E-state index in [4.69, 9.17) is 15.3 Å². The van der Waals surface area contributed by atoms with Crippen LogP contribution in [0.5, 0.6) is 0 Å². The molecule has 0 bridgehead atoms. The highest BCUT2D eigenvalue weighted by molar-refractivity contribution is 4.86. The number of ether oxygens (including phenoxy) is 2. The minimum Gasteiger partial charge on any atom is -0.376 e. The van der Waals surface area contributed by atoms with Crippen LogP contribution in [-0.2, 0) is 9.47 Å². The zero-order valence-corrected chi connectivity index (χ0v) is 10.9. The average Bonchev–Trinajstić information content (AvgIpc) is 2.42. The summed E-state index contributed by atoms with van der Waals surface area (Å²) in [5.41, 5.74) is 2.97. The van der Waals surface area contributed by atoms with Crippen molar-refractivity contribution >= 4 is 0 Å². The van der Waals surface area contributed by atoms with Gasteiger partial charge in [-0.15, -0.1) is 0 Å². The first-order chi connectivity index (χ1) is 8.35. The van der Waals surface area contributed by atoms with Gasteiger partial charge in [-0.3, -0.25) is 11.3 Å². The third kappa shape index (κ3) is 3.41. The molecular weight excluding hydrogens is 216 g/mol. The van der Waals surface area contributed by atoms with Gasteiger partial charge in [-0.2, -0.15) is 0 Å². The van der Waals surface area contributed by atoms with E-state index < -0.39 is 0 Å². The van der Waals surface area contributed by atoms with Gasteiger partial charge >= 0.3 is 0 Å². The van der Waals surface area contributed by atoms with Crippen molar-refractivity contribution in [1.29, 1.82) is 0 Å². The Kier molecular flexibility index (Phi) is 5.22. The van der Waals surface area contributed by atoms with Crippen molar-refractivity contribution in [3.8, 4) is 0 Å². The molecular formula is C13H26N2O2. The highest BCUT2D eigenvalue weighted by Gasteiger charge is 2.33. The second-order valence-electron chi connectivity index (χ2n) is 5.37. The Morgan fingerprint density at radius 1 is 1.24 bits per heavy atom. The number of rotatable bonds is 4. The van der Waals surface area contributed by atoms with Gasteiger partial charge in [-0.25, -0.2) is 0 Å². The Morgan fingerprint density at radius 3 is 2.53 bits per heavy atom. The van der Waals surface area contributed by atoms with Crippen LogP contribution in [0.25, 0.3) is 0 Å². The molecule has 4 heteroatoms. The lowest BCUT2D eigenvalue weighted by atomic mass is 9.76. The van der Waals surface area contributed by atoms with Crippen LogP contribution in [-0.4, -0.2) is 32.0 Å². The largest absolute Gasteiger partial charge is 0.376 e. The van der Waals surface area contributed by atoms with Crippen molar-refractivity contribution in [2.45, 2.75) is 51.2 Å². The van der Waals surface area contributed by atoms with Gasteiger partial charge < -0.3 is 9.47 Å². The minimum atomic E-state index is 0.136. The lowest BCUT2D eigenvalue weighted by Gasteiger charge is -2.38. The first-order valence-electron chi connectivity index (χ1n) is 7.00. The van der Waals surface area contributed by atoms with Crippen LogP contribution < -0.4 is 11.3 Å². The average molecular weight is 242 g/mol. The van der Waals surface area contributed by atoms with Crippen LogP contribution >= 0.6 is 0 Å². The summed E-state index contributed by atoms with van der Waals surface area (Å²) < 4.78 is 11.2. The van der Waals surface area contributed by atoms with E-state index in [9.17, 15) is 0 Å². The summed E-state index contributed by atoms with van der Waals surface area (Å²) in [6.07, 6.45) is 6.67. The van der Waals surface area contributed by atoms with Crippen LogP contribution in [0.2, 0.25) is 0 Å². The first-order valence-corrected chi connectivity index (χ1v) is 7.00. The molecule has 1 saturated carbocycles. The van der Waals surface area contributed by atoms with E-state index in [1.165, 1.54) is 32.1 Å². The Morgan fingerprint density at radius 2 is 2.00 bits per heavy atom. The molecule has 1 heterocycles. The second-order valence-corrected chi connectivity index (χ2v) is 5.37. The molecule has 1 aliphatic heterocycles. The summed E-state index contributed by atoms with van der Waals surface area (Å²) in [4.78, 5) is 0. The molecule has 0 radical (unpaired) electrons. The van der Waals surface area contributed by atoms with Crippen LogP contribution in [0.1, 0.15) is 39.0 Å². The van der Waals surface area contributed by atoms with Crippen molar-refractivity contribution in [3.05, 3.63) is 0 Å². The van der Waals surface area contributed by atoms with E-state index in [1.54, 1.807) is 0 Å². The molecule has 0 spiro atoms. The molecule has 2 fully saturated rings. The SMILES string of the molecule is CCC1CCC(C(NN)C2COCCO2)CC1. The molecule has 17 heavy (non-hydrogen) atoms. The van der Waals surface area contributed by atoms with E-state index in [0.717, 1.165) is 12.5 Å². The Labute approximate surface area is 104 Å². The second kappa shape index (κ2) is 6.69. The Bertz CT molecular complexity index is 211. The molecule has 3 N–H and O–H groups in total. The minimum absolute atomic E-state index is 0.136. The maximum absolute atomic E-state index is 5.77.